The summed E-state index contributed by atoms with van der Waals surface area (Å²) in [7, 11) is 3.64. The number of piperidine rings is 1. The van der Waals surface area contributed by atoms with E-state index in [0.29, 0.717) is 5.92 Å². The van der Waals surface area contributed by atoms with Crippen LogP contribution in [-0.2, 0) is 16.0 Å². The zero-order chi connectivity index (χ0) is 14.1. The molecule has 5 nitrogen and oxygen atoms in total. The average Bonchev–Trinajstić information content (AvgIpc) is 2.91. The van der Waals surface area contributed by atoms with Crippen LogP contribution < -0.4 is 0 Å². The van der Waals surface area contributed by atoms with Crippen molar-refractivity contribution in [1.29, 1.82) is 0 Å². The molecule has 2 aliphatic heterocycles. The molecule has 0 spiro atoms. The summed E-state index contributed by atoms with van der Waals surface area (Å²) in [6.45, 7) is 2.21. The van der Waals surface area contributed by atoms with E-state index in [2.05, 4.69) is 21.5 Å². The van der Waals surface area contributed by atoms with E-state index in [1.54, 1.807) is 0 Å². The Hall–Kier alpha value is -1.36. The molecular formula is C15H23N3O2. The SMILES string of the molecule is COC(=O)C1CCCc2cnc(C3CCN(C)CC3)n21. The lowest BCUT2D eigenvalue weighted by atomic mass is 9.94. The predicted octanol–water partition coefficient (Wildman–Crippen LogP) is 1.74. The molecule has 5 heteroatoms. The number of hydrogen-bond acceptors (Lipinski definition) is 4. The van der Waals surface area contributed by atoms with E-state index >= 15 is 0 Å². The summed E-state index contributed by atoms with van der Waals surface area (Å²) in [5.74, 6) is 1.45. The van der Waals surface area contributed by atoms with Crippen LogP contribution in [0.2, 0.25) is 0 Å². The maximum absolute atomic E-state index is 12.0. The third kappa shape index (κ3) is 2.35. The Morgan fingerprint density at radius 1 is 1.35 bits per heavy atom. The van der Waals surface area contributed by atoms with Crippen molar-refractivity contribution in [3.8, 4) is 0 Å². The fourth-order valence-electron chi connectivity index (χ4n) is 3.49. The number of hydrogen-bond donors (Lipinski definition) is 0. The first-order valence-corrected chi connectivity index (χ1v) is 7.53. The fourth-order valence-corrected chi connectivity index (χ4v) is 3.49. The maximum atomic E-state index is 12.0. The summed E-state index contributed by atoms with van der Waals surface area (Å²) < 4.78 is 7.15. The van der Waals surface area contributed by atoms with Crippen molar-refractivity contribution in [2.75, 3.05) is 27.2 Å². The van der Waals surface area contributed by atoms with E-state index < -0.39 is 0 Å². The number of carbonyl (C=O) groups excluding carboxylic acids is 1. The lowest BCUT2D eigenvalue weighted by molar-refractivity contribution is -0.145. The van der Waals surface area contributed by atoms with E-state index in [4.69, 9.17) is 4.74 Å². The van der Waals surface area contributed by atoms with Crippen molar-refractivity contribution in [1.82, 2.24) is 14.5 Å². The molecule has 0 radical (unpaired) electrons. The monoisotopic (exact) mass is 277 g/mol. The van der Waals surface area contributed by atoms with Gasteiger partial charge in [0.25, 0.3) is 0 Å². The Morgan fingerprint density at radius 2 is 2.10 bits per heavy atom. The lowest BCUT2D eigenvalue weighted by Gasteiger charge is -2.32. The molecule has 20 heavy (non-hydrogen) atoms. The summed E-state index contributed by atoms with van der Waals surface area (Å²) >= 11 is 0. The summed E-state index contributed by atoms with van der Waals surface area (Å²) in [5, 5.41) is 0. The molecule has 1 atom stereocenters. The Morgan fingerprint density at radius 3 is 2.80 bits per heavy atom. The molecule has 110 valence electrons. The smallest absolute Gasteiger partial charge is 0.328 e. The molecule has 2 aliphatic rings. The van der Waals surface area contributed by atoms with Crippen molar-refractivity contribution in [2.45, 2.75) is 44.1 Å². The number of imidazole rings is 1. The molecule has 1 saturated heterocycles. The Bertz CT molecular complexity index is 489. The molecular weight excluding hydrogens is 254 g/mol. The number of likely N-dealkylation sites (tertiary alicyclic amines) is 1. The number of carbonyl (C=O) groups is 1. The second kappa shape index (κ2) is 5.56. The molecule has 0 amide bonds. The minimum atomic E-state index is -0.166. The number of aryl methyl sites for hydroxylation is 1. The van der Waals surface area contributed by atoms with Gasteiger partial charge in [0.05, 0.1) is 7.11 Å². The highest BCUT2D eigenvalue weighted by Crippen LogP contribution is 2.34. The molecule has 0 N–H and O–H groups in total. The van der Waals surface area contributed by atoms with Gasteiger partial charge in [-0.1, -0.05) is 0 Å². The van der Waals surface area contributed by atoms with Gasteiger partial charge in [0.15, 0.2) is 0 Å². The van der Waals surface area contributed by atoms with E-state index in [1.165, 1.54) is 12.8 Å². The van der Waals surface area contributed by atoms with E-state index in [9.17, 15) is 4.79 Å². The molecule has 1 unspecified atom stereocenters. The van der Waals surface area contributed by atoms with Crippen LogP contribution in [0.5, 0.6) is 0 Å². The van der Waals surface area contributed by atoms with Gasteiger partial charge in [0, 0.05) is 17.8 Å². The van der Waals surface area contributed by atoms with Gasteiger partial charge in [-0.05, 0) is 52.2 Å². The number of rotatable bonds is 2. The van der Waals surface area contributed by atoms with Gasteiger partial charge < -0.3 is 14.2 Å². The quantitative estimate of drug-likeness (QED) is 0.773. The van der Waals surface area contributed by atoms with Crippen molar-refractivity contribution in [3.63, 3.8) is 0 Å². The number of ether oxygens (including phenoxy) is 1. The number of methoxy groups -OCH3 is 1. The first kappa shape index (κ1) is 13.6. The zero-order valence-corrected chi connectivity index (χ0v) is 12.3. The molecule has 0 bridgehead atoms. The highest BCUT2D eigenvalue weighted by molar-refractivity contribution is 5.74. The van der Waals surface area contributed by atoms with Crippen LogP contribution in [0, 0.1) is 0 Å². The highest BCUT2D eigenvalue weighted by Gasteiger charge is 2.32. The standard InChI is InChI=1S/C15H23N3O2/c1-17-8-6-11(7-9-17)14-16-10-12-4-3-5-13(18(12)14)15(19)20-2/h10-11,13H,3-9H2,1-2H3. The van der Waals surface area contributed by atoms with E-state index in [-0.39, 0.29) is 12.0 Å². The molecule has 3 heterocycles. The largest absolute Gasteiger partial charge is 0.467 e. The Balaban J connectivity index is 1.90. The second-order valence-corrected chi connectivity index (χ2v) is 5.99. The molecule has 0 saturated carbocycles. The van der Waals surface area contributed by atoms with Crippen LogP contribution in [0.15, 0.2) is 6.20 Å². The minimum Gasteiger partial charge on any atom is -0.467 e. The minimum absolute atomic E-state index is 0.127. The second-order valence-electron chi connectivity index (χ2n) is 5.99. The normalized spacial score (nSPS) is 24.4. The van der Waals surface area contributed by atoms with Crippen LogP contribution >= 0.6 is 0 Å². The summed E-state index contributed by atoms with van der Waals surface area (Å²) in [6, 6.07) is -0.166. The number of fused-ring (bicyclic) bond motifs is 1. The molecule has 1 aromatic rings. The van der Waals surface area contributed by atoms with Gasteiger partial charge in [-0.15, -0.1) is 0 Å². The molecule has 1 aromatic heterocycles. The van der Waals surface area contributed by atoms with Crippen LogP contribution in [0.25, 0.3) is 0 Å². The number of esters is 1. The molecule has 3 rings (SSSR count). The summed E-state index contributed by atoms with van der Waals surface area (Å²) in [6.07, 6.45) is 7.14. The third-order valence-corrected chi connectivity index (χ3v) is 4.68. The Labute approximate surface area is 119 Å². The number of aromatic nitrogens is 2. The molecule has 1 fully saturated rings. The van der Waals surface area contributed by atoms with Gasteiger partial charge in [0.1, 0.15) is 11.9 Å². The lowest BCUT2D eigenvalue weighted by Crippen LogP contribution is -2.33. The molecule has 0 aromatic carbocycles. The van der Waals surface area contributed by atoms with Crippen LogP contribution in [-0.4, -0.2) is 47.7 Å². The number of nitrogens with zero attached hydrogens (tertiary/aromatic N) is 3. The van der Waals surface area contributed by atoms with Crippen molar-refractivity contribution in [2.24, 2.45) is 0 Å². The third-order valence-electron chi connectivity index (χ3n) is 4.68. The van der Waals surface area contributed by atoms with Crippen molar-refractivity contribution in [3.05, 3.63) is 17.7 Å². The van der Waals surface area contributed by atoms with Gasteiger partial charge in [-0.3, -0.25) is 0 Å². The van der Waals surface area contributed by atoms with Crippen molar-refractivity contribution >= 4 is 5.97 Å². The van der Waals surface area contributed by atoms with Crippen LogP contribution in [0.4, 0.5) is 0 Å². The first-order valence-electron chi connectivity index (χ1n) is 7.53. The predicted molar refractivity (Wildman–Crippen MR) is 75.7 cm³/mol. The van der Waals surface area contributed by atoms with Gasteiger partial charge in [0.2, 0.25) is 0 Å². The van der Waals surface area contributed by atoms with Gasteiger partial charge in [-0.2, -0.15) is 0 Å². The zero-order valence-electron chi connectivity index (χ0n) is 12.3. The van der Waals surface area contributed by atoms with Crippen LogP contribution in [0.3, 0.4) is 0 Å². The average molecular weight is 277 g/mol. The maximum Gasteiger partial charge on any atom is 0.328 e. The fraction of sp³-hybridized carbons (Fsp3) is 0.733. The van der Waals surface area contributed by atoms with E-state index in [0.717, 1.165) is 51.0 Å². The molecule has 0 aliphatic carbocycles. The van der Waals surface area contributed by atoms with Gasteiger partial charge >= 0.3 is 5.97 Å². The van der Waals surface area contributed by atoms with Gasteiger partial charge in [-0.25, -0.2) is 9.78 Å². The topological polar surface area (TPSA) is 47.4 Å². The Kier molecular flexibility index (Phi) is 3.78. The highest BCUT2D eigenvalue weighted by atomic mass is 16.5. The van der Waals surface area contributed by atoms with Crippen LogP contribution in [0.1, 0.15) is 49.2 Å². The van der Waals surface area contributed by atoms with Crippen molar-refractivity contribution < 1.29 is 9.53 Å². The first-order chi connectivity index (χ1) is 9.70. The van der Waals surface area contributed by atoms with E-state index in [1.807, 2.05) is 6.20 Å². The summed E-state index contributed by atoms with van der Waals surface area (Å²) in [4.78, 5) is 19.0. The summed E-state index contributed by atoms with van der Waals surface area (Å²) in [5.41, 5.74) is 1.19.